The number of amides is 1. The average molecular weight is 525 g/mol. The summed E-state index contributed by atoms with van der Waals surface area (Å²) in [7, 11) is 1.31. The van der Waals surface area contributed by atoms with E-state index >= 15 is 0 Å². The van der Waals surface area contributed by atoms with E-state index in [1.807, 2.05) is 6.07 Å². The van der Waals surface area contributed by atoms with Crippen molar-refractivity contribution >= 4 is 11.6 Å². The van der Waals surface area contributed by atoms with Crippen molar-refractivity contribution in [3.05, 3.63) is 93.5 Å². The number of benzene rings is 1. The lowest BCUT2D eigenvalue weighted by atomic mass is 9.82. The summed E-state index contributed by atoms with van der Waals surface area (Å²) in [6.45, 7) is 1.60. The van der Waals surface area contributed by atoms with Gasteiger partial charge in [0.1, 0.15) is 17.8 Å². The predicted molar refractivity (Wildman–Crippen MR) is 124 cm³/mol. The lowest BCUT2D eigenvalue weighted by molar-refractivity contribution is -0.141. The van der Waals surface area contributed by atoms with Crippen LogP contribution in [0.25, 0.3) is 0 Å². The smallest absolute Gasteiger partial charge is 0.434 e. The zero-order chi connectivity index (χ0) is 27.6. The fourth-order valence-electron chi connectivity index (χ4n) is 3.98. The summed E-state index contributed by atoms with van der Waals surface area (Å²) in [6, 6.07) is 8.41. The zero-order valence-electron chi connectivity index (χ0n) is 19.8. The maximum atomic E-state index is 13.1. The minimum Gasteiger partial charge on any atom is -0.501 e. The molecule has 11 nitrogen and oxygen atoms in total. The Bertz CT molecular complexity index is 1580. The van der Waals surface area contributed by atoms with Gasteiger partial charge < -0.3 is 14.9 Å². The molecule has 0 aliphatic carbocycles. The first kappa shape index (κ1) is 26.0. The van der Waals surface area contributed by atoms with Gasteiger partial charge in [0.15, 0.2) is 11.4 Å². The summed E-state index contributed by atoms with van der Waals surface area (Å²) in [5.74, 6) is -3.63. The van der Waals surface area contributed by atoms with E-state index in [-0.39, 0.29) is 22.8 Å². The second-order valence-corrected chi connectivity index (χ2v) is 8.19. The van der Waals surface area contributed by atoms with E-state index in [1.165, 1.54) is 19.3 Å². The number of rotatable bonds is 6. The van der Waals surface area contributed by atoms with Crippen molar-refractivity contribution in [1.29, 1.82) is 5.26 Å². The number of aromatic hydroxyl groups is 1. The Labute approximate surface area is 212 Å². The molecule has 194 valence electrons. The van der Waals surface area contributed by atoms with Gasteiger partial charge in [-0.2, -0.15) is 18.4 Å². The van der Waals surface area contributed by atoms with Crippen LogP contribution in [-0.2, 0) is 13.2 Å². The summed E-state index contributed by atoms with van der Waals surface area (Å²) in [4.78, 5) is 37.3. The minimum atomic E-state index is -4.72. The molecule has 2 atom stereocenters. The first-order chi connectivity index (χ1) is 18.0. The minimum absolute atomic E-state index is 0.0114. The fourth-order valence-corrected chi connectivity index (χ4v) is 3.98. The molecule has 3 heterocycles. The summed E-state index contributed by atoms with van der Waals surface area (Å²) in [5, 5.41) is 25.9. The molecule has 1 amide bonds. The lowest BCUT2D eigenvalue weighted by Crippen LogP contribution is -2.29. The molecule has 3 aromatic heterocycles. The number of anilines is 1. The third-order valence-corrected chi connectivity index (χ3v) is 5.81. The van der Waals surface area contributed by atoms with Crippen molar-refractivity contribution in [1.82, 2.24) is 24.7 Å². The molecule has 0 aliphatic heterocycles. The molecule has 0 saturated carbocycles. The highest BCUT2D eigenvalue weighted by Gasteiger charge is 2.35. The molecule has 0 unspecified atom stereocenters. The molecule has 4 rings (SSSR count). The van der Waals surface area contributed by atoms with Crippen molar-refractivity contribution in [2.24, 2.45) is 7.05 Å². The highest BCUT2D eigenvalue weighted by atomic mass is 19.4. The van der Waals surface area contributed by atoms with E-state index in [2.05, 4.69) is 29.9 Å². The number of carbonyl (C=O) groups excluding carboxylic acids is 1. The molecule has 0 bridgehead atoms. The Morgan fingerprint density at radius 2 is 1.95 bits per heavy atom. The third-order valence-electron chi connectivity index (χ3n) is 5.81. The number of carbonyl (C=O) groups is 1. The number of hydrogen-bond acceptors (Lipinski definition) is 9. The van der Waals surface area contributed by atoms with Crippen molar-refractivity contribution in [3.8, 4) is 11.8 Å². The van der Waals surface area contributed by atoms with Crippen LogP contribution < -0.4 is 10.9 Å². The third kappa shape index (κ3) is 4.94. The molecule has 14 heteroatoms. The van der Waals surface area contributed by atoms with Gasteiger partial charge >= 0.3 is 6.18 Å². The first-order valence-electron chi connectivity index (χ1n) is 10.9. The van der Waals surface area contributed by atoms with Gasteiger partial charge in [-0.05, 0) is 11.6 Å². The Balaban J connectivity index is 1.86. The van der Waals surface area contributed by atoms with Gasteiger partial charge in [-0.3, -0.25) is 19.1 Å². The number of aromatic nitrogens is 5. The standard InChI is InChI=1S/C24H18F3N7O4/c1-12(21-33-19(20(35)23(37)34(21)2)22(36)32-14-8-31-38-11-14)18(15-6-4-3-5-13(15)7-28)16-9-30-17(10-29-16)24(25,26)27/h3-6,8-12,18,35H,1-2H3,(H,32,36)/t12-,18-/m0/s1. The zero-order valence-corrected chi connectivity index (χ0v) is 19.8. The van der Waals surface area contributed by atoms with Crippen LogP contribution in [0.1, 0.15) is 57.6 Å². The maximum Gasteiger partial charge on any atom is 0.434 e. The SMILES string of the molecule is C[C@H](c1nc(C(=O)Nc2cnoc2)c(O)c(=O)n1C)[C@H](c1cnc(C(F)(F)F)cn1)c1ccccc1C#N. The number of nitrogens with zero attached hydrogens (tertiary/aromatic N) is 6. The molecule has 2 N–H and O–H groups in total. The highest BCUT2D eigenvalue weighted by Crippen LogP contribution is 2.38. The average Bonchev–Trinajstić information content (AvgIpc) is 3.40. The summed E-state index contributed by atoms with van der Waals surface area (Å²) in [5.41, 5.74) is -1.94. The van der Waals surface area contributed by atoms with Crippen LogP contribution in [0.3, 0.4) is 0 Å². The molecule has 0 radical (unpaired) electrons. The fraction of sp³-hybridized carbons (Fsp3) is 0.208. The predicted octanol–water partition coefficient (Wildman–Crippen LogP) is 3.34. The van der Waals surface area contributed by atoms with Crippen LogP contribution in [0.2, 0.25) is 0 Å². The number of nitriles is 1. The first-order valence-corrected chi connectivity index (χ1v) is 10.9. The van der Waals surface area contributed by atoms with E-state index in [0.29, 0.717) is 11.8 Å². The van der Waals surface area contributed by atoms with E-state index in [1.54, 1.807) is 25.1 Å². The van der Waals surface area contributed by atoms with Crippen molar-refractivity contribution in [2.75, 3.05) is 5.32 Å². The Hall–Kier alpha value is -5.06. The van der Waals surface area contributed by atoms with E-state index in [4.69, 9.17) is 0 Å². The molecule has 0 aliphatic rings. The number of alkyl halides is 3. The van der Waals surface area contributed by atoms with Crippen molar-refractivity contribution in [2.45, 2.75) is 24.9 Å². The molecule has 4 aromatic rings. The summed E-state index contributed by atoms with van der Waals surface area (Å²) < 4.78 is 45.0. The monoisotopic (exact) mass is 525 g/mol. The Morgan fingerprint density at radius 3 is 2.55 bits per heavy atom. The second-order valence-electron chi connectivity index (χ2n) is 8.19. The second kappa shape index (κ2) is 10.1. The van der Waals surface area contributed by atoms with Crippen LogP contribution in [0, 0.1) is 11.3 Å². The largest absolute Gasteiger partial charge is 0.501 e. The molecule has 1 aromatic carbocycles. The molecule has 0 saturated heterocycles. The Kier molecular flexibility index (Phi) is 6.94. The van der Waals surface area contributed by atoms with Gasteiger partial charge in [0.2, 0.25) is 5.75 Å². The van der Waals surface area contributed by atoms with Gasteiger partial charge in [0.05, 0.1) is 29.7 Å². The van der Waals surface area contributed by atoms with Gasteiger partial charge in [0.25, 0.3) is 11.5 Å². The van der Waals surface area contributed by atoms with E-state index < -0.39 is 46.6 Å². The van der Waals surface area contributed by atoms with Crippen LogP contribution in [0.4, 0.5) is 18.9 Å². The van der Waals surface area contributed by atoms with Crippen molar-refractivity contribution < 1.29 is 27.6 Å². The van der Waals surface area contributed by atoms with Crippen LogP contribution in [-0.4, -0.2) is 35.7 Å². The molecule has 38 heavy (non-hydrogen) atoms. The molecule has 0 fully saturated rings. The Morgan fingerprint density at radius 1 is 1.21 bits per heavy atom. The van der Waals surface area contributed by atoms with Gasteiger partial charge in [-0.1, -0.05) is 30.3 Å². The molecule has 0 spiro atoms. The van der Waals surface area contributed by atoms with Gasteiger partial charge in [-0.25, -0.2) is 9.97 Å². The van der Waals surface area contributed by atoms with E-state index in [9.17, 15) is 33.1 Å². The molecular formula is C24H18F3N7O4. The number of halogens is 3. The van der Waals surface area contributed by atoms with Crippen LogP contribution >= 0.6 is 0 Å². The quantitative estimate of drug-likeness (QED) is 0.385. The number of hydrogen-bond donors (Lipinski definition) is 2. The highest BCUT2D eigenvalue weighted by molar-refractivity contribution is 6.04. The molecular weight excluding hydrogens is 507 g/mol. The van der Waals surface area contributed by atoms with Gasteiger partial charge in [-0.15, -0.1) is 0 Å². The van der Waals surface area contributed by atoms with Gasteiger partial charge in [0, 0.05) is 25.1 Å². The maximum absolute atomic E-state index is 13.1. The lowest BCUT2D eigenvalue weighted by Gasteiger charge is -2.26. The van der Waals surface area contributed by atoms with E-state index in [0.717, 1.165) is 17.0 Å². The summed E-state index contributed by atoms with van der Waals surface area (Å²) >= 11 is 0. The number of nitrogens with one attached hydrogen (secondary N) is 1. The normalized spacial score (nSPS) is 12.9. The van der Waals surface area contributed by atoms with Crippen LogP contribution in [0.5, 0.6) is 5.75 Å². The van der Waals surface area contributed by atoms with Crippen molar-refractivity contribution in [3.63, 3.8) is 0 Å². The van der Waals surface area contributed by atoms with Crippen LogP contribution in [0.15, 0.2) is 58.4 Å². The topological polar surface area (TPSA) is 160 Å². The summed E-state index contributed by atoms with van der Waals surface area (Å²) in [6.07, 6.45) is -0.886.